The van der Waals surface area contributed by atoms with Crippen LogP contribution in [0.15, 0.2) is 50.7 Å². The number of aromatic nitrogens is 1. The van der Waals surface area contributed by atoms with E-state index in [0.717, 1.165) is 46.3 Å². The first-order valence-corrected chi connectivity index (χ1v) is 12.9. The number of halogens is 1. The Morgan fingerprint density at radius 3 is 2.81 bits per heavy atom. The van der Waals surface area contributed by atoms with Gasteiger partial charge in [0.25, 0.3) is 5.56 Å². The van der Waals surface area contributed by atoms with Crippen molar-refractivity contribution in [2.45, 2.75) is 42.7 Å². The van der Waals surface area contributed by atoms with Gasteiger partial charge in [-0.25, -0.2) is 0 Å². The van der Waals surface area contributed by atoms with E-state index in [0.29, 0.717) is 24.9 Å². The van der Waals surface area contributed by atoms with E-state index in [4.69, 9.17) is 5.11 Å². The van der Waals surface area contributed by atoms with Gasteiger partial charge in [-0.3, -0.25) is 9.59 Å². The molecule has 2 aromatic rings. The van der Waals surface area contributed by atoms with Crippen LogP contribution >= 0.6 is 27.7 Å². The van der Waals surface area contributed by atoms with Crippen LogP contribution in [0.2, 0.25) is 0 Å². The summed E-state index contributed by atoms with van der Waals surface area (Å²) >= 11 is 5.20. The molecule has 8 heteroatoms. The third-order valence-corrected chi connectivity index (χ3v) is 7.68. The summed E-state index contributed by atoms with van der Waals surface area (Å²) in [5.74, 6) is 0.700. The van der Waals surface area contributed by atoms with Crippen molar-refractivity contribution in [3.8, 4) is 0 Å². The maximum absolute atomic E-state index is 13.8. The number of nitrogens with zero attached hydrogens (tertiary/aromatic N) is 2. The normalized spacial score (nSPS) is 20.8. The molecule has 2 fully saturated rings. The van der Waals surface area contributed by atoms with Crippen LogP contribution in [0.1, 0.15) is 36.3 Å². The van der Waals surface area contributed by atoms with Crippen molar-refractivity contribution in [3.05, 3.63) is 62.5 Å². The number of nitrogens with one attached hydrogen (secondary N) is 1. The lowest BCUT2D eigenvalue weighted by Crippen LogP contribution is -2.47. The molecule has 0 spiro atoms. The van der Waals surface area contributed by atoms with Crippen molar-refractivity contribution in [2.75, 3.05) is 25.4 Å². The number of rotatable bonds is 8. The van der Waals surface area contributed by atoms with Gasteiger partial charge in [-0.15, -0.1) is 11.8 Å². The smallest absolute Gasteiger partial charge is 0.250 e. The molecule has 2 N–H and O–H groups in total. The molecule has 2 atom stereocenters. The maximum Gasteiger partial charge on any atom is 0.250 e. The van der Waals surface area contributed by atoms with Gasteiger partial charge in [0.15, 0.2) is 0 Å². The molecule has 1 aromatic heterocycles. The van der Waals surface area contributed by atoms with Crippen molar-refractivity contribution >= 4 is 33.6 Å². The minimum atomic E-state index is -0.174. The van der Waals surface area contributed by atoms with Gasteiger partial charge in [0.1, 0.15) is 0 Å². The van der Waals surface area contributed by atoms with Crippen molar-refractivity contribution in [3.63, 3.8) is 0 Å². The molecule has 1 unspecified atom stereocenters. The number of amides is 1. The topological polar surface area (TPSA) is 74.6 Å². The van der Waals surface area contributed by atoms with Gasteiger partial charge in [0.2, 0.25) is 5.91 Å². The molecule has 1 aromatic carbocycles. The Morgan fingerprint density at radius 2 is 2.09 bits per heavy atom. The van der Waals surface area contributed by atoms with Crippen LogP contribution < -0.4 is 10.9 Å². The van der Waals surface area contributed by atoms with E-state index in [-0.39, 0.29) is 29.9 Å². The quantitative estimate of drug-likeness (QED) is 0.524. The monoisotopic (exact) mass is 519 g/mol. The van der Waals surface area contributed by atoms with Crippen LogP contribution in [-0.2, 0) is 18.4 Å². The number of hydrogen-bond acceptors (Lipinski definition) is 5. The number of benzene rings is 1. The minimum absolute atomic E-state index is 0.0340. The molecule has 2 aliphatic rings. The summed E-state index contributed by atoms with van der Waals surface area (Å²) in [7, 11) is 1.75. The Morgan fingerprint density at radius 1 is 1.28 bits per heavy atom. The zero-order chi connectivity index (χ0) is 22.7. The van der Waals surface area contributed by atoms with Gasteiger partial charge in [0.05, 0.1) is 12.5 Å². The number of piperidine rings is 1. The number of aliphatic hydroxyl groups is 1. The van der Waals surface area contributed by atoms with E-state index in [1.807, 2.05) is 17.0 Å². The second-order valence-corrected chi connectivity index (χ2v) is 10.8. The van der Waals surface area contributed by atoms with Crippen molar-refractivity contribution in [1.82, 2.24) is 14.8 Å². The zero-order valence-corrected chi connectivity index (χ0v) is 20.7. The fourth-order valence-electron chi connectivity index (χ4n) is 4.45. The van der Waals surface area contributed by atoms with E-state index in [1.165, 1.54) is 0 Å². The lowest BCUT2D eigenvalue weighted by Gasteiger charge is -2.35. The van der Waals surface area contributed by atoms with Crippen LogP contribution in [0.3, 0.4) is 0 Å². The van der Waals surface area contributed by atoms with Crippen molar-refractivity contribution < 1.29 is 9.90 Å². The number of carbonyl (C=O) groups excluding carboxylic acids is 1. The minimum Gasteiger partial charge on any atom is -0.396 e. The highest BCUT2D eigenvalue weighted by molar-refractivity contribution is 9.10. The molecule has 2 heterocycles. The highest BCUT2D eigenvalue weighted by Gasteiger charge is 2.40. The standard InChI is InChI=1S/C24H30BrN3O3S/c1-27-7-5-17(12-23(27)30)21-4-6-26-14-22(21)24(31)28(19-2-3-19)15-16-10-18(25)13-20(11-16)32-9-8-29/h5,7,10-13,19,21-22,26,29H,2-4,6,8-9,14-15H2,1H3/t21?,22-/m0/s1. The third kappa shape index (κ3) is 5.65. The summed E-state index contributed by atoms with van der Waals surface area (Å²) < 4.78 is 2.55. The van der Waals surface area contributed by atoms with Gasteiger partial charge in [-0.05, 0) is 67.1 Å². The molecule has 172 valence electrons. The fourth-order valence-corrected chi connectivity index (χ4v) is 5.92. The molecule has 32 heavy (non-hydrogen) atoms. The second kappa shape index (κ2) is 10.5. The van der Waals surface area contributed by atoms with Crippen LogP contribution in [0.25, 0.3) is 0 Å². The lowest BCUT2D eigenvalue weighted by atomic mass is 9.80. The number of aryl methyl sites for hydroxylation is 1. The molecule has 1 aliphatic heterocycles. The largest absolute Gasteiger partial charge is 0.396 e. The Kier molecular flexibility index (Phi) is 7.76. The van der Waals surface area contributed by atoms with Gasteiger partial charge < -0.3 is 19.9 Å². The SMILES string of the molecule is Cn1ccc(C2CCNC[C@@H]2C(=O)N(Cc2cc(Br)cc(SCCO)c2)C2CC2)cc1=O. The average molecular weight is 520 g/mol. The van der Waals surface area contributed by atoms with Crippen LogP contribution in [0, 0.1) is 5.92 Å². The van der Waals surface area contributed by atoms with E-state index in [9.17, 15) is 9.59 Å². The molecular formula is C24H30BrN3O3S. The summed E-state index contributed by atoms with van der Waals surface area (Å²) in [5.41, 5.74) is 2.02. The van der Waals surface area contributed by atoms with Crippen LogP contribution in [0.4, 0.5) is 0 Å². The van der Waals surface area contributed by atoms with E-state index >= 15 is 0 Å². The number of pyridine rings is 1. The highest BCUT2D eigenvalue weighted by atomic mass is 79.9. The van der Waals surface area contributed by atoms with Crippen molar-refractivity contribution in [1.29, 1.82) is 0 Å². The number of hydrogen-bond donors (Lipinski definition) is 2. The Hall–Kier alpha value is -1.61. The first-order chi connectivity index (χ1) is 15.5. The van der Waals surface area contributed by atoms with E-state index in [1.54, 1.807) is 35.6 Å². The predicted octanol–water partition coefficient (Wildman–Crippen LogP) is 3.12. The van der Waals surface area contributed by atoms with E-state index in [2.05, 4.69) is 33.4 Å². The molecular weight excluding hydrogens is 490 g/mol. The Labute approximate surface area is 201 Å². The Balaban J connectivity index is 1.56. The van der Waals surface area contributed by atoms with E-state index < -0.39 is 0 Å². The zero-order valence-electron chi connectivity index (χ0n) is 18.3. The summed E-state index contributed by atoms with van der Waals surface area (Å²) in [6.45, 7) is 2.20. The first-order valence-electron chi connectivity index (χ1n) is 11.2. The number of thioether (sulfide) groups is 1. The molecule has 1 saturated heterocycles. The molecule has 0 radical (unpaired) electrons. The predicted molar refractivity (Wildman–Crippen MR) is 131 cm³/mol. The lowest BCUT2D eigenvalue weighted by molar-refractivity contribution is -0.138. The van der Waals surface area contributed by atoms with Gasteiger partial charge in [0, 0.05) is 53.6 Å². The van der Waals surface area contributed by atoms with Gasteiger partial charge >= 0.3 is 0 Å². The molecule has 1 aliphatic carbocycles. The fraction of sp³-hybridized carbons (Fsp3) is 0.500. The summed E-state index contributed by atoms with van der Waals surface area (Å²) in [5, 5.41) is 12.5. The molecule has 1 amide bonds. The summed E-state index contributed by atoms with van der Waals surface area (Å²) in [6, 6.07) is 10.2. The molecule has 4 rings (SSSR count). The molecule has 1 saturated carbocycles. The first kappa shape index (κ1) is 23.5. The summed E-state index contributed by atoms with van der Waals surface area (Å²) in [6.07, 6.45) is 4.74. The van der Waals surface area contributed by atoms with Crippen molar-refractivity contribution in [2.24, 2.45) is 13.0 Å². The second-order valence-electron chi connectivity index (χ2n) is 8.68. The third-order valence-electron chi connectivity index (χ3n) is 6.27. The average Bonchev–Trinajstić information content (AvgIpc) is 3.62. The molecule has 0 bridgehead atoms. The highest BCUT2D eigenvalue weighted by Crippen LogP contribution is 2.36. The number of aliphatic hydroxyl groups excluding tert-OH is 1. The van der Waals surface area contributed by atoms with Crippen LogP contribution in [-0.4, -0.2) is 52.0 Å². The summed E-state index contributed by atoms with van der Waals surface area (Å²) in [4.78, 5) is 29.2. The Bertz CT molecular complexity index is 1020. The van der Waals surface area contributed by atoms with Gasteiger partial charge in [-0.2, -0.15) is 0 Å². The van der Waals surface area contributed by atoms with Gasteiger partial charge in [-0.1, -0.05) is 15.9 Å². The molecule has 6 nitrogen and oxygen atoms in total. The maximum atomic E-state index is 13.8. The number of carbonyl (C=O) groups is 1. The van der Waals surface area contributed by atoms with Crippen LogP contribution in [0.5, 0.6) is 0 Å².